The second kappa shape index (κ2) is 7.39. The molecule has 0 aliphatic carbocycles. The number of nitrogens with one attached hydrogen (secondary N) is 1. The van der Waals surface area contributed by atoms with Crippen molar-refractivity contribution < 1.29 is 9.13 Å². The first-order valence-corrected chi connectivity index (χ1v) is 7.75. The van der Waals surface area contributed by atoms with Gasteiger partial charge in [-0.3, -0.25) is 0 Å². The van der Waals surface area contributed by atoms with E-state index in [9.17, 15) is 4.39 Å². The highest BCUT2D eigenvalue weighted by molar-refractivity contribution is 6.30. The molecule has 1 aliphatic heterocycles. The van der Waals surface area contributed by atoms with Crippen LogP contribution in [0.2, 0.25) is 5.02 Å². The third-order valence-electron chi connectivity index (χ3n) is 4.06. The van der Waals surface area contributed by atoms with Gasteiger partial charge in [0.05, 0.1) is 0 Å². The molecule has 1 N–H and O–H groups in total. The molecule has 0 aromatic heterocycles. The molecule has 0 amide bonds. The Morgan fingerprint density at radius 3 is 2.75 bits per heavy atom. The molecular formula is C16H23ClFNO. The molecule has 1 aliphatic rings. The number of rotatable bonds is 6. The van der Waals surface area contributed by atoms with E-state index >= 15 is 0 Å². The van der Waals surface area contributed by atoms with Gasteiger partial charge >= 0.3 is 0 Å². The van der Waals surface area contributed by atoms with Crippen molar-refractivity contribution in [2.75, 3.05) is 26.3 Å². The molecule has 0 unspecified atom stereocenters. The molecule has 0 saturated carbocycles. The molecule has 2 nitrogen and oxygen atoms in total. The fourth-order valence-corrected chi connectivity index (χ4v) is 2.98. The smallest absolute Gasteiger partial charge is 0.127 e. The Hall–Kier alpha value is -0.640. The van der Waals surface area contributed by atoms with Crippen molar-refractivity contribution in [3.05, 3.63) is 34.6 Å². The minimum Gasteiger partial charge on any atom is -0.381 e. The SMILES string of the molecule is CCCNCC1(Cc2ccc(Cl)cc2F)CCOCC1. The summed E-state index contributed by atoms with van der Waals surface area (Å²) in [5.41, 5.74) is 0.858. The maximum Gasteiger partial charge on any atom is 0.127 e. The molecule has 1 aromatic rings. The van der Waals surface area contributed by atoms with Gasteiger partial charge in [-0.15, -0.1) is 0 Å². The molecule has 0 radical (unpaired) electrons. The van der Waals surface area contributed by atoms with Gasteiger partial charge in [-0.25, -0.2) is 4.39 Å². The molecule has 0 spiro atoms. The minimum absolute atomic E-state index is 0.0993. The predicted octanol–water partition coefficient (Wildman–Crippen LogP) is 3.82. The zero-order chi connectivity index (χ0) is 14.4. The summed E-state index contributed by atoms with van der Waals surface area (Å²) in [4.78, 5) is 0. The first-order chi connectivity index (χ1) is 9.65. The molecule has 2 rings (SSSR count). The minimum atomic E-state index is -0.196. The number of ether oxygens (including phenoxy) is 1. The van der Waals surface area contributed by atoms with E-state index in [2.05, 4.69) is 12.2 Å². The topological polar surface area (TPSA) is 21.3 Å². The van der Waals surface area contributed by atoms with Gasteiger partial charge in [0, 0.05) is 24.8 Å². The zero-order valence-electron chi connectivity index (χ0n) is 12.1. The zero-order valence-corrected chi connectivity index (χ0v) is 12.8. The standard InChI is InChI=1S/C16H23ClFNO/c1-2-7-19-12-16(5-8-20-9-6-16)11-13-3-4-14(17)10-15(13)18/h3-4,10,19H,2,5-9,11-12H2,1H3. The summed E-state index contributed by atoms with van der Waals surface area (Å²) in [7, 11) is 0. The highest BCUT2D eigenvalue weighted by atomic mass is 35.5. The number of halogens is 2. The third-order valence-corrected chi connectivity index (χ3v) is 4.30. The molecular weight excluding hydrogens is 277 g/mol. The van der Waals surface area contributed by atoms with Crippen molar-refractivity contribution in [2.45, 2.75) is 32.6 Å². The fourth-order valence-electron chi connectivity index (χ4n) is 2.82. The van der Waals surface area contributed by atoms with Crippen molar-refractivity contribution in [2.24, 2.45) is 5.41 Å². The maximum atomic E-state index is 14.0. The molecule has 20 heavy (non-hydrogen) atoms. The van der Waals surface area contributed by atoms with Crippen LogP contribution in [0.25, 0.3) is 0 Å². The van der Waals surface area contributed by atoms with E-state index < -0.39 is 0 Å². The lowest BCUT2D eigenvalue weighted by atomic mass is 9.75. The van der Waals surface area contributed by atoms with E-state index in [4.69, 9.17) is 16.3 Å². The lowest BCUT2D eigenvalue weighted by Gasteiger charge is -2.38. The molecule has 0 bridgehead atoms. The summed E-state index contributed by atoms with van der Waals surface area (Å²) in [5.74, 6) is -0.196. The van der Waals surface area contributed by atoms with Crippen molar-refractivity contribution in [3.63, 3.8) is 0 Å². The van der Waals surface area contributed by atoms with E-state index in [0.717, 1.165) is 57.6 Å². The normalized spacial score (nSPS) is 18.1. The van der Waals surface area contributed by atoms with Gasteiger partial charge in [-0.1, -0.05) is 24.6 Å². The Kier molecular flexibility index (Phi) is 5.82. The van der Waals surface area contributed by atoms with Gasteiger partial charge in [0.2, 0.25) is 0 Å². The Balaban J connectivity index is 2.10. The quantitative estimate of drug-likeness (QED) is 0.806. The summed E-state index contributed by atoms with van der Waals surface area (Å²) >= 11 is 5.82. The molecule has 0 atom stereocenters. The van der Waals surface area contributed by atoms with Gasteiger partial charge in [0.15, 0.2) is 0 Å². The second-order valence-electron chi connectivity index (χ2n) is 5.70. The van der Waals surface area contributed by atoms with Crippen molar-refractivity contribution in [1.82, 2.24) is 5.32 Å². The predicted molar refractivity (Wildman–Crippen MR) is 80.8 cm³/mol. The third kappa shape index (κ3) is 4.18. The molecule has 4 heteroatoms. The average molecular weight is 300 g/mol. The summed E-state index contributed by atoms with van der Waals surface area (Å²) in [6.45, 7) is 5.62. The van der Waals surface area contributed by atoms with Crippen LogP contribution in [0.4, 0.5) is 4.39 Å². The van der Waals surface area contributed by atoms with Crippen LogP contribution < -0.4 is 5.32 Å². The Morgan fingerprint density at radius 1 is 1.35 bits per heavy atom. The van der Waals surface area contributed by atoms with Crippen LogP contribution >= 0.6 is 11.6 Å². The second-order valence-corrected chi connectivity index (χ2v) is 6.14. The van der Waals surface area contributed by atoms with Crippen molar-refractivity contribution in [3.8, 4) is 0 Å². The highest BCUT2D eigenvalue weighted by Gasteiger charge is 2.33. The largest absolute Gasteiger partial charge is 0.381 e. The van der Waals surface area contributed by atoms with Crippen LogP contribution in [0.3, 0.4) is 0 Å². The number of hydrogen-bond donors (Lipinski definition) is 1. The number of benzene rings is 1. The van der Waals surface area contributed by atoms with Gasteiger partial charge < -0.3 is 10.1 Å². The first kappa shape index (κ1) is 15.7. The summed E-state index contributed by atoms with van der Waals surface area (Å²) < 4.78 is 19.5. The summed E-state index contributed by atoms with van der Waals surface area (Å²) in [5, 5.41) is 3.95. The molecule has 112 valence electrons. The van der Waals surface area contributed by atoms with E-state index in [-0.39, 0.29) is 11.2 Å². The van der Waals surface area contributed by atoms with E-state index in [1.807, 2.05) is 6.07 Å². The lowest BCUT2D eigenvalue weighted by Crippen LogP contribution is -2.41. The lowest BCUT2D eigenvalue weighted by molar-refractivity contribution is 0.0146. The van der Waals surface area contributed by atoms with Crippen LogP contribution in [0.5, 0.6) is 0 Å². The Bertz CT molecular complexity index is 432. The van der Waals surface area contributed by atoms with Gasteiger partial charge in [-0.05, 0) is 55.3 Å². The summed E-state index contributed by atoms with van der Waals surface area (Å²) in [6.07, 6.45) is 3.82. The van der Waals surface area contributed by atoms with Crippen LogP contribution in [-0.4, -0.2) is 26.3 Å². The van der Waals surface area contributed by atoms with Crippen molar-refractivity contribution >= 4 is 11.6 Å². The average Bonchev–Trinajstić information content (AvgIpc) is 2.44. The Morgan fingerprint density at radius 2 is 2.10 bits per heavy atom. The van der Waals surface area contributed by atoms with Crippen LogP contribution in [0.15, 0.2) is 18.2 Å². The fraction of sp³-hybridized carbons (Fsp3) is 0.625. The highest BCUT2D eigenvalue weighted by Crippen LogP contribution is 2.34. The molecule has 1 fully saturated rings. The first-order valence-electron chi connectivity index (χ1n) is 7.38. The maximum absolute atomic E-state index is 14.0. The summed E-state index contributed by atoms with van der Waals surface area (Å²) in [6, 6.07) is 4.99. The van der Waals surface area contributed by atoms with Crippen LogP contribution in [-0.2, 0) is 11.2 Å². The van der Waals surface area contributed by atoms with E-state index in [1.54, 1.807) is 6.07 Å². The van der Waals surface area contributed by atoms with Gasteiger partial charge in [0.1, 0.15) is 5.82 Å². The number of hydrogen-bond acceptors (Lipinski definition) is 2. The monoisotopic (exact) mass is 299 g/mol. The van der Waals surface area contributed by atoms with Gasteiger partial charge in [-0.2, -0.15) is 0 Å². The van der Waals surface area contributed by atoms with Gasteiger partial charge in [0.25, 0.3) is 0 Å². The van der Waals surface area contributed by atoms with Crippen LogP contribution in [0, 0.1) is 11.2 Å². The van der Waals surface area contributed by atoms with Crippen molar-refractivity contribution in [1.29, 1.82) is 0 Å². The Labute approximate surface area is 125 Å². The molecule has 1 aromatic carbocycles. The van der Waals surface area contributed by atoms with E-state index in [1.165, 1.54) is 6.07 Å². The van der Waals surface area contributed by atoms with Crippen LogP contribution in [0.1, 0.15) is 31.7 Å². The van der Waals surface area contributed by atoms with E-state index in [0.29, 0.717) is 5.02 Å². The molecule has 1 saturated heterocycles. The molecule has 1 heterocycles.